The molecule has 0 amide bonds. The van der Waals surface area contributed by atoms with Crippen molar-refractivity contribution in [2.24, 2.45) is 0 Å². The van der Waals surface area contributed by atoms with Crippen molar-refractivity contribution < 1.29 is 4.42 Å². The Morgan fingerprint density at radius 1 is 1.47 bits per heavy atom. The van der Waals surface area contributed by atoms with Gasteiger partial charge in [0, 0.05) is 6.54 Å². The van der Waals surface area contributed by atoms with Crippen LogP contribution in [0.1, 0.15) is 30.4 Å². The normalized spacial score (nSPS) is 12.9. The van der Waals surface area contributed by atoms with Gasteiger partial charge in [0.25, 0.3) is 0 Å². The van der Waals surface area contributed by atoms with E-state index in [0.717, 1.165) is 30.5 Å². The van der Waals surface area contributed by atoms with Crippen molar-refractivity contribution in [3.63, 3.8) is 0 Å². The van der Waals surface area contributed by atoms with Gasteiger partial charge in [-0.2, -0.15) is 5.10 Å². The SMILES string of the molecule is Cc1nc(C)n(C(C)CNCc2ccco2)n1. The van der Waals surface area contributed by atoms with E-state index in [1.165, 1.54) is 0 Å². The number of furan rings is 1. The number of aryl methyl sites for hydroxylation is 2. The minimum absolute atomic E-state index is 0.283. The third-order valence-electron chi connectivity index (χ3n) is 2.64. The van der Waals surface area contributed by atoms with E-state index in [4.69, 9.17) is 4.42 Å². The van der Waals surface area contributed by atoms with Gasteiger partial charge in [-0.1, -0.05) is 0 Å². The molecule has 0 bridgehead atoms. The first kappa shape index (κ1) is 11.9. The molecule has 5 heteroatoms. The van der Waals surface area contributed by atoms with Gasteiger partial charge in [0.05, 0.1) is 18.8 Å². The Morgan fingerprint density at radius 3 is 2.88 bits per heavy atom. The second kappa shape index (κ2) is 5.14. The van der Waals surface area contributed by atoms with E-state index in [1.54, 1.807) is 6.26 Å². The maximum atomic E-state index is 5.25. The van der Waals surface area contributed by atoms with Crippen molar-refractivity contribution in [1.82, 2.24) is 20.1 Å². The fourth-order valence-corrected chi connectivity index (χ4v) is 1.86. The molecule has 2 heterocycles. The highest BCUT2D eigenvalue weighted by Gasteiger charge is 2.10. The van der Waals surface area contributed by atoms with Crippen LogP contribution in [0, 0.1) is 13.8 Å². The number of rotatable bonds is 5. The number of nitrogens with zero attached hydrogens (tertiary/aromatic N) is 3. The molecule has 1 N–H and O–H groups in total. The van der Waals surface area contributed by atoms with E-state index in [-0.39, 0.29) is 6.04 Å². The maximum absolute atomic E-state index is 5.25. The van der Waals surface area contributed by atoms with E-state index in [0.29, 0.717) is 0 Å². The number of hydrogen-bond acceptors (Lipinski definition) is 4. The molecular formula is C12H18N4O. The van der Waals surface area contributed by atoms with Crippen LogP contribution in [0.2, 0.25) is 0 Å². The average molecular weight is 234 g/mol. The van der Waals surface area contributed by atoms with Gasteiger partial charge >= 0.3 is 0 Å². The summed E-state index contributed by atoms with van der Waals surface area (Å²) in [6.07, 6.45) is 1.69. The molecule has 92 valence electrons. The first-order valence-electron chi connectivity index (χ1n) is 5.79. The molecular weight excluding hydrogens is 216 g/mol. The molecule has 0 aliphatic heterocycles. The first-order chi connectivity index (χ1) is 8.16. The third-order valence-corrected chi connectivity index (χ3v) is 2.64. The van der Waals surface area contributed by atoms with Crippen LogP contribution in [0.4, 0.5) is 0 Å². The molecule has 0 fully saturated rings. The van der Waals surface area contributed by atoms with Gasteiger partial charge < -0.3 is 9.73 Å². The summed E-state index contributed by atoms with van der Waals surface area (Å²) in [6.45, 7) is 7.58. The number of hydrogen-bond donors (Lipinski definition) is 1. The second-order valence-corrected chi connectivity index (χ2v) is 4.21. The molecule has 0 aliphatic rings. The Balaban J connectivity index is 1.85. The molecule has 5 nitrogen and oxygen atoms in total. The maximum Gasteiger partial charge on any atom is 0.147 e. The van der Waals surface area contributed by atoms with Crippen LogP contribution in [0.25, 0.3) is 0 Å². The largest absolute Gasteiger partial charge is 0.468 e. The van der Waals surface area contributed by atoms with Crippen molar-refractivity contribution in [1.29, 1.82) is 0 Å². The van der Waals surface area contributed by atoms with E-state index < -0.39 is 0 Å². The van der Waals surface area contributed by atoms with E-state index >= 15 is 0 Å². The lowest BCUT2D eigenvalue weighted by molar-refractivity contribution is 0.420. The van der Waals surface area contributed by atoms with Crippen LogP contribution in [-0.2, 0) is 6.54 Å². The van der Waals surface area contributed by atoms with Crippen LogP contribution in [-0.4, -0.2) is 21.3 Å². The molecule has 1 atom stereocenters. The fourth-order valence-electron chi connectivity index (χ4n) is 1.86. The monoisotopic (exact) mass is 234 g/mol. The van der Waals surface area contributed by atoms with Crippen molar-refractivity contribution >= 4 is 0 Å². The fraction of sp³-hybridized carbons (Fsp3) is 0.500. The summed E-state index contributed by atoms with van der Waals surface area (Å²) >= 11 is 0. The van der Waals surface area contributed by atoms with E-state index in [1.807, 2.05) is 30.7 Å². The zero-order valence-corrected chi connectivity index (χ0v) is 10.5. The van der Waals surface area contributed by atoms with Gasteiger partial charge in [-0.3, -0.25) is 0 Å². The first-order valence-corrected chi connectivity index (χ1v) is 5.79. The van der Waals surface area contributed by atoms with Gasteiger partial charge in [0.2, 0.25) is 0 Å². The predicted molar refractivity (Wildman–Crippen MR) is 64.6 cm³/mol. The highest BCUT2D eigenvalue weighted by molar-refractivity contribution is 4.97. The van der Waals surface area contributed by atoms with Crippen molar-refractivity contribution in [2.75, 3.05) is 6.54 Å². The van der Waals surface area contributed by atoms with Crippen LogP contribution in [0.3, 0.4) is 0 Å². The summed E-state index contributed by atoms with van der Waals surface area (Å²) in [7, 11) is 0. The van der Waals surface area contributed by atoms with E-state index in [2.05, 4.69) is 22.3 Å². The molecule has 0 aliphatic carbocycles. The van der Waals surface area contributed by atoms with Crippen LogP contribution in [0.5, 0.6) is 0 Å². The Labute approximate surface area is 101 Å². The topological polar surface area (TPSA) is 55.9 Å². The molecule has 2 aromatic heterocycles. The molecule has 0 saturated heterocycles. The minimum Gasteiger partial charge on any atom is -0.468 e. The van der Waals surface area contributed by atoms with Gasteiger partial charge in [-0.05, 0) is 32.9 Å². The second-order valence-electron chi connectivity index (χ2n) is 4.21. The summed E-state index contributed by atoms with van der Waals surface area (Å²) in [5, 5.41) is 7.71. The van der Waals surface area contributed by atoms with Crippen LogP contribution in [0.15, 0.2) is 22.8 Å². The summed E-state index contributed by atoms with van der Waals surface area (Å²) in [5.74, 6) is 2.72. The highest BCUT2D eigenvalue weighted by Crippen LogP contribution is 2.07. The lowest BCUT2D eigenvalue weighted by Crippen LogP contribution is -2.24. The zero-order valence-electron chi connectivity index (χ0n) is 10.5. The third kappa shape index (κ3) is 2.94. The lowest BCUT2D eigenvalue weighted by Gasteiger charge is -2.13. The molecule has 0 saturated carbocycles. The smallest absolute Gasteiger partial charge is 0.147 e. The molecule has 0 aromatic carbocycles. The van der Waals surface area contributed by atoms with Gasteiger partial charge in [-0.15, -0.1) is 0 Å². The summed E-state index contributed by atoms with van der Waals surface area (Å²) in [5.41, 5.74) is 0. The Hall–Kier alpha value is -1.62. The Morgan fingerprint density at radius 2 is 2.29 bits per heavy atom. The van der Waals surface area contributed by atoms with Crippen LogP contribution < -0.4 is 5.32 Å². The molecule has 0 spiro atoms. The standard InChI is InChI=1S/C12H18N4O/c1-9(16-11(3)14-10(2)15-16)7-13-8-12-5-4-6-17-12/h4-6,9,13H,7-8H2,1-3H3. The molecule has 0 radical (unpaired) electrons. The molecule has 17 heavy (non-hydrogen) atoms. The van der Waals surface area contributed by atoms with Gasteiger partial charge in [0.15, 0.2) is 0 Å². The summed E-state index contributed by atoms with van der Waals surface area (Å²) < 4.78 is 7.20. The molecule has 2 rings (SSSR count). The summed E-state index contributed by atoms with van der Waals surface area (Å²) in [6, 6.07) is 4.14. The van der Waals surface area contributed by atoms with Gasteiger partial charge in [0.1, 0.15) is 17.4 Å². The van der Waals surface area contributed by atoms with Crippen molar-refractivity contribution in [3.05, 3.63) is 35.8 Å². The van der Waals surface area contributed by atoms with Gasteiger partial charge in [-0.25, -0.2) is 9.67 Å². The highest BCUT2D eigenvalue weighted by atomic mass is 16.3. The molecule has 2 aromatic rings. The zero-order chi connectivity index (χ0) is 12.3. The van der Waals surface area contributed by atoms with Crippen molar-refractivity contribution in [3.8, 4) is 0 Å². The predicted octanol–water partition coefficient (Wildman–Crippen LogP) is 1.84. The Kier molecular flexibility index (Phi) is 3.58. The Bertz CT molecular complexity index is 461. The molecule has 1 unspecified atom stereocenters. The summed E-state index contributed by atoms with van der Waals surface area (Å²) in [4.78, 5) is 4.30. The average Bonchev–Trinajstić information content (AvgIpc) is 2.88. The quantitative estimate of drug-likeness (QED) is 0.857. The number of nitrogens with one attached hydrogen (secondary N) is 1. The minimum atomic E-state index is 0.283. The number of aromatic nitrogens is 3. The van der Waals surface area contributed by atoms with Crippen LogP contribution >= 0.6 is 0 Å². The lowest BCUT2D eigenvalue weighted by atomic mass is 10.3. The van der Waals surface area contributed by atoms with E-state index in [9.17, 15) is 0 Å². The van der Waals surface area contributed by atoms with Crippen molar-refractivity contribution in [2.45, 2.75) is 33.4 Å².